The van der Waals surface area contributed by atoms with Gasteiger partial charge in [0.15, 0.2) is 0 Å². The van der Waals surface area contributed by atoms with Gasteiger partial charge in [-0.2, -0.15) is 0 Å². The monoisotopic (exact) mass is 322 g/mol. The second-order valence-corrected chi connectivity index (χ2v) is 6.71. The molecule has 1 aromatic carbocycles. The van der Waals surface area contributed by atoms with Gasteiger partial charge in [0.05, 0.1) is 24.7 Å². The van der Waals surface area contributed by atoms with E-state index in [1.807, 2.05) is 0 Å². The number of methoxy groups -OCH3 is 1. The van der Waals surface area contributed by atoms with Crippen molar-refractivity contribution < 1.29 is 22.6 Å². The minimum absolute atomic E-state index is 0.106. The van der Waals surface area contributed by atoms with Crippen LogP contribution in [0.2, 0.25) is 0 Å². The summed E-state index contributed by atoms with van der Waals surface area (Å²) in [5, 5.41) is 0. The van der Waals surface area contributed by atoms with Crippen molar-refractivity contribution in [3.8, 4) is 5.75 Å². The van der Waals surface area contributed by atoms with Crippen LogP contribution in [0.25, 0.3) is 0 Å². The Labute approximate surface area is 124 Å². The van der Waals surface area contributed by atoms with Crippen molar-refractivity contribution in [1.82, 2.24) is 0 Å². The Balaban J connectivity index is 2.37. The summed E-state index contributed by atoms with van der Waals surface area (Å²) in [7, 11) is 3.23. The fourth-order valence-corrected chi connectivity index (χ4v) is 2.77. The van der Waals surface area contributed by atoms with E-state index < -0.39 is 9.05 Å². The van der Waals surface area contributed by atoms with E-state index in [9.17, 15) is 8.42 Å². The number of halogens is 1. The fourth-order valence-electron chi connectivity index (χ4n) is 1.58. The Bertz CT molecular complexity index is 515. The zero-order valence-corrected chi connectivity index (χ0v) is 13.2. The highest BCUT2D eigenvalue weighted by atomic mass is 35.7. The molecule has 0 amide bonds. The zero-order chi connectivity index (χ0) is 15.0. The average Bonchev–Trinajstić information content (AvgIpc) is 2.36. The van der Waals surface area contributed by atoms with Gasteiger partial charge in [0.2, 0.25) is 0 Å². The summed E-state index contributed by atoms with van der Waals surface area (Å²) in [5.74, 6) is 0.614. The van der Waals surface area contributed by atoms with Crippen LogP contribution in [-0.4, -0.2) is 42.0 Å². The first kappa shape index (κ1) is 17.2. The van der Waals surface area contributed by atoms with Crippen molar-refractivity contribution in [2.24, 2.45) is 0 Å². The van der Waals surface area contributed by atoms with Gasteiger partial charge in [-0.1, -0.05) is 0 Å². The molecule has 114 valence electrons. The van der Waals surface area contributed by atoms with Crippen molar-refractivity contribution in [3.05, 3.63) is 23.8 Å². The second kappa shape index (κ2) is 8.46. The summed E-state index contributed by atoms with van der Waals surface area (Å²) >= 11 is 0. The predicted molar refractivity (Wildman–Crippen MR) is 77.0 cm³/mol. The van der Waals surface area contributed by atoms with E-state index in [4.69, 9.17) is 24.9 Å². The molecule has 0 bridgehead atoms. The number of ether oxygens (including phenoxy) is 3. The van der Waals surface area contributed by atoms with Crippen LogP contribution >= 0.6 is 10.7 Å². The SMILES string of the molecule is COCCOCCCOc1ccc(S(=O)(=O)Cl)c(C)c1. The summed E-state index contributed by atoms with van der Waals surface area (Å²) in [4.78, 5) is 0.106. The third-order valence-corrected chi connectivity index (χ3v) is 4.02. The topological polar surface area (TPSA) is 61.8 Å². The van der Waals surface area contributed by atoms with E-state index in [0.717, 1.165) is 6.42 Å². The molecular weight excluding hydrogens is 304 g/mol. The van der Waals surface area contributed by atoms with E-state index in [0.29, 0.717) is 37.7 Å². The Morgan fingerprint density at radius 2 is 1.90 bits per heavy atom. The highest BCUT2D eigenvalue weighted by Crippen LogP contribution is 2.23. The number of hydrogen-bond acceptors (Lipinski definition) is 5. The van der Waals surface area contributed by atoms with E-state index in [1.165, 1.54) is 6.07 Å². The smallest absolute Gasteiger partial charge is 0.261 e. The summed E-state index contributed by atoms with van der Waals surface area (Å²) in [6, 6.07) is 4.69. The molecule has 7 heteroatoms. The standard InChI is InChI=1S/C13H19ClO5S/c1-11-10-12(4-5-13(11)20(14,15)16)19-7-3-6-18-9-8-17-2/h4-5,10H,3,6-9H2,1-2H3. The normalized spacial score (nSPS) is 11.6. The van der Waals surface area contributed by atoms with Crippen molar-refractivity contribution in [2.75, 3.05) is 33.5 Å². The maximum Gasteiger partial charge on any atom is 0.261 e. The van der Waals surface area contributed by atoms with Crippen LogP contribution < -0.4 is 4.74 Å². The molecule has 0 heterocycles. The first-order valence-corrected chi connectivity index (χ1v) is 8.51. The van der Waals surface area contributed by atoms with Gasteiger partial charge in [0.1, 0.15) is 5.75 Å². The lowest BCUT2D eigenvalue weighted by Gasteiger charge is -2.09. The van der Waals surface area contributed by atoms with E-state index in [2.05, 4.69) is 0 Å². The second-order valence-electron chi connectivity index (χ2n) is 4.17. The van der Waals surface area contributed by atoms with Gasteiger partial charge in [-0.15, -0.1) is 0 Å². The van der Waals surface area contributed by atoms with Crippen molar-refractivity contribution in [2.45, 2.75) is 18.2 Å². The molecule has 0 saturated carbocycles. The van der Waals surface area contributed by atoms with Crippen LogP contribution in [0.1, 0.15) is 12.0 Å². The molecule has 0 N–H and O–H groups in total. The fraction of sp³-hybridized carbons (Fsp3) is 0.538. The largest absolute Gasteiger partial charge is 0.493 e. The quantitative estimate of drug-likeness (QED) is 0.516. The third-order valence-electron chi connectivity index (χ3n) is 2.54. The number of hydrogen-bond donors (Lipinski definition) is 0. The molecule has 0 fully saturated rings. The maximum absolute atomic E-state index is 11.2. The van der Waals surface area contributed by atoms with Crippen LogP contribution in [0.3, 0.4) is 0 Å². The molecule has 0 aliphatic rings. The molecule has 0 radical (unpaired) electrons. The first-order valence-electron chi connectivity index (χ1n) is 6.20. The molecule has 5 nitrogen and oxygen atoms in total. The lowest BCUT2D eigenvalue weighted by atomic mass is 10.2. The molecule has 1 aromatic rings. The molecule has 20 heavy (non-hydrogen) atoms. The first-order chi connectivity index (χ1) is 9.45. The molecule has 0 spiro atoms. The minimum Gasteiger partial charge on any atom is -0.493 e. The van der Waals surface area contributed by atoms with E-state index in [1.54, 1.807) is 26.2 Å². The maximum atomic E-state index is 11.2. The molecule has 0 aliphatic carbocycles. The Hall–Kier alpha value is -0.820. The van der Waals surface area contributed by atoms with Crippen LogP contribution in [0, 0.1) is 6.92 Å². The summed E-state index contributed by atoms with van der Waals surface area (Å²) < 4.78 is 38.2. The van der Waals surface area contributed by atoms with Gasteiger partial charge in [-0.3, -0.25) is 0 Å². The molecule has 1 rings (SSSR count). The van der Waals surface area contributed by atoms with E-state index in [-0.39, 0.29) is 4.90 Å². The predicted octanol–water partition coefficient (Wildman–Crippen LogP) is 2.35. The minimum atomic E-state index is -3.70. The van der Waals surface area contributed by atoms with Crippen molar-refractivity contribution >= 4 is 19.7 Å². The van der Waals surface area contributed by atoms with Crippen molar-refractivity contribution in [1.29, 1.82) is 0 Å². The van der Waals surface area contributed by atoms with Crippen LogP contribution in [0.5, 0.6) is 5.75 Å². The Morgan fingerprint density at radius 1 is 1.15 bits per heavy atom. The Kier molecular flexibility index (Phi) is 7.29. The highest BCUT2D eigenvalue weighted by molar-refractivity contribution is 8.13. The lowest BCUT2D eigenvalue weighted by Crippen LogP contribution is -2.07. The zero-order valence-electron chi connectivity index (χ0n) is 11.6. The average molecular weight is 323 g/mol. The van der Waals surface area contributed by atoms with Gasteiger partial charge in [-0.25, -0.2) is 8.42 Å². The van der Waals surface area contributed by atoms with Gasteiger partial charge >= 0.3 is 0 Å². The van der Waals surface area contributed by atoms with Crippen LogP contribution in [0.15, 0.2) is 23.1 Å². The summed E-state index contributed by atoms with van der Waals surface area (Å²) in [6.45, 7) is 3.91. The number of rotatable bonds is 9. The summed E-state index contributed by atoms with van der Waals surface area (Å²) in [6.07, 6.45) is 0.748. The Morgan fingerprint density at radius 3 is 2.50 bits per heavy atom. The molecule has 0 atom stereocenters. The molecule has 0 unspecified atom stereocenters. The number of benzene rings is 1. The van der Waals surface area contributed by atoms with Crippen LogP contribution in [0.4, 0.5) is 0 Å². The van der Waals surface area contributed by atoms with Gasteiger partial charge < -0.3 is 14.2 Å². The lowest BCUT2D eigenvalue weighted by molar-refractivity contribution is 0.0644. The molecule has 0 aliphatic heterocycles. The van der Waals surface area contributed by atoms with Crippen molar-refractivity contribution in [3.63, 3.8) is 0 Å². The van der Waals surface area contributed by atoms with Crippen LogP contribution in [-0.2, 0) is 18.5 Å². The molecule has 0 aromatic heterocycles. The third kappa shape index (κ3) is 6.09. The van der Waals surface area contributed by atoms with Gasteiger partial charge in [-0.05, 0) is 30.7 Å². The highest BCUT2D eigenvalue weighted by Gasteiger charge is 2.13. The van der Waals surface area contributed by atoms with Gasteiger partial charge in [0, 0.05) is 30.8 Å². The summed E-state index contributed by atoms with van der Waals surface area (Å²) in [5.41, 5.74) is 0.564. The molecular formula is C13H19ClO5S. The van der Waals surface area contributed by atoms with Gasteiger partial charge in [0.25, 0.3) is 9.05 Å². The molecule has 0 saturated heterocycles. The van der Waals surface area contributed by atoms with E-state index >= 15 is 0 Å². The number of aryl methyl sites for hydroxylation is 1.